The summed E-state index contributed by atoms with van der Waals surface area (Å²) in [6, 6.07) is 0. The van der Waals surface area contributed by atoms with Gasteiger partial charge in [0.25, 0.3) is 0 Å². The molecule has 0 unspecified atom stereocenters. The average Bonchev–Trinajstić information content (AvgIpc) is 1.84. The fraction of sp³-hybridized carbons (Fsp3) is 0.833. The van der Waals surface area contributed by atoms with E-state index in [4.69, 9.17) is 10.5 Å². The third-order valence-corrected chi connectivity index (χ3v) is 1.22. The van der Waals surface area contributed by atoms with E-state index in [-0.39, 0.29) is 6.10 Å². The van der Waals surface area contributed by atoms with Crippen LogP contribution in [-0.2, 0) is 0 Å². The van der Waals surface area contributed by atoms with Crippen molar-refractivity contribution in [2.24, 2.45) is 0 Å². The lowest BCUT2D eigenvalue weighted by atomic mass is 10.1. The molecule has 0 aliphatic rings. The molecule has 1 atom stereocenters. The standard InChI is InChI=1S/C6H13NO/c1-3-5(7)6(8)4-2/h6-8H,3-4H2,1-2H3/p+1/t6-/m1/s1. The van der Waals surface area contributed by atoms with Crippen LogP contribution < -0.4 is 5.41 Å². The molecule has 48 valence electrons. The van der Waals surface area contributed by atoms with Gasteiger partial charge in [-0.2, -0.15) is 0 Å². The first-order chi connectivity index (χ1) is 3.72. The molecule has 0 fully saturated rings. The van der Waals surface area contributed by atoms with Crippen LogP contribution in [0.5, 0.6) is 0 Å². The highest BCUT2D eigenvalue weighted by molar-refractivity contribution is 5.82. The Hall–Kier alpha value is -0.370. The predicted molar refractivity (Wildman–Crippen MR) is 33.5 cm³/mol. The summed E-state index contributed by atoms with van der Waals surface area (Å²) < 4.78 is 0. The van der Waals surface area contributed by atoms with E-state index in [9.17, 15) is 0 Å². The van der Waals surface area contributed by atoms with Gasteiger partial charge in [0.05, 0.1) is 0 Å². The second-order valence-corrected chi connectivity index (χ2v) is 1.85. The van der Waals surface area contributed by atoms with E-state index in [0.29, 0.717) is 5.71 Å². The zero-order valence-electron chi connectivity index (χ0n) is 5.52. The zero-order valence-corrected chi connectivity index (χ0v) is 5.52. The van der Waals surface area contributed by atoms with E-state index >= 15 is 0 Å². The van der Waals surface area contributed by atoms with E-state index in [1.54, 1.807) is 0 Å². The number of aliphatic hydroxyl groups excluding tert-OH is 1. The van der Waals surface area contributed by atoms with Gasteiger partial charge in [-0.15, -0.1) is 0 Å². The molecule has 0 aromatic heterocycles. The lowest BCUT2D eigenvalue weighted by Crippen LogP contribution is -2.46. The molecule has 0 saturated heterocycles. The number of aliphatic hydroxyl groups is 1. The first kappa shape index (κ1) is 7.63. The Morgan fingerprint density at radius 3 is 2.25 bits per heavy atom. The molecule has 0 spiro atoms. The van der Waals surface area contributed by atoms with Crippen molar-refractivity contribution in [3.63, 3.8) is 0 Å². The van der Waals surface area contributed by atoms with Crippen molar-refractivity contribution in [2.45, 2.75) is 32.8 Å². The lowest BCUT2D eigenvalue weighted by molar-refractivity contribution is -0.126. The molecule has 3 N–H and O–H groups in total. The number of rotatable bonds is 3. The highest BCUT2D eigenvalue weighted by Crippen LogP contribution is 1.91. The third kappa shape index (κ3) is 2.07. The van der Waals surface area contributed by atoms with Crippen molar-refractivity contribution in [3.8, 4) is 0 Å². The monoisotopic (exact) mass is 116 g/mol. The van der Waals surface area contributed by atoms with Crippen molar-refractivity contribution in [1.29, 1.82) is 0 Å². The molecule has 8 heavy (non-hydrogen) atoms. The Balaban J connectivity index is 3.46. The number of hydrogen-bond donors (Lipinski definition) is 2. The van der Waals surface area contributed by atoms with Gasteiger partial charge in [0.15, 0.2) is 5.71 Å². The van der Waals surface area contributed by atoms with Gasteiger partial charge in [0.2, 0.25) is 0 Å². The SMILES string of the molecule is CCC(=[NH2+])[C@H](O)CC. The van der Waals surface area contributed by atoms with Gasteiger partial charge in [-0.05, 0) is 6.42 Å². The smallest absolute Gasteiger partial charge is 0.177 e. The van der Waals surface area contributed by atoms with Gasteiger partial charge in [-0.25, -0.2) is 0 Å². The van der Waals surface area contributed by atoms with E-state index in [1.807, 2.05) is 13.8 Å². The van der Waals surface area contributed by atoms with E-state index < -0.39 is 0 Å². The molecule has 0 bridgehead atoms. The van der Waals surface area contributed by atoms with Crippen LogP contribution in [-0.4, -0.2) is 16.9 Å². The quantitative estimate of drug-likeness (QED) is 0.474. The van der Waals surface area contributed by atoms with Crippen LogP contribution in [0.2, 0.25) is 0 Å². The molecule has 0 aliphatic carbocycles. The Morgan fingerprint density at radius 1 is 1.62 bits per heavy atom. The molecule has 2 heteroatoms. The molecule has 0 amide bonds. The van der Waals surface area contributed by atoms with Gasteiger partial charge in [0.1, 0.15) is 6.10 Å². The van der Waals surface area contributed by atoms with Crippen molar-refractivity contribution in [3.05, 3.63) is 0 Å². The summed E-state index contributed by atoms with van der Waals surface area (Å²) in [5, 5.41) is 14.4. The van der Waals surface area contributed by atoms with Crippen molar-refractivity contribution >= 4 is 5.71 Å². The van der Waals surface area contributed by atoms with Crippen LogP contribution in [0.3, 0.4) is 0 Å². The number of nitrogens with two attached hydrogens (primary N) is 1. The molecular formula is C6H14NO+. The van der Waals surface area contributed by atoms with Crippen molar-refractivity contribution < 1.29 is 10.5 Å². The first-order valence-electron chi connectivity index (χ1n) is 3.01. The minimum atomic E-state index is -0.389. The Kier molecular flexibility index (Phi) is 3.44. The maximum atomic E-state index is 8.96. The second-order valence-electron chi connectivity index (χ2n) is 1.85. The molecule has 0 radical (unpaired) electrons. The van der Waals surface area contributed by atoms with Crippen LogP contribution in [0.15, 0.2) is 0 Å². The molecule has 0 aromatic carbocycles. The summed E-state index contributed by atoms with van der Waals surface area (Å²) >= 11 is 0. The summed E-state index contributed by atoms with van der Waals surface area (Å²) in [5.74, 6) is 0. The minimum absolute atomic E-state index is 0.389. The summed E-state index contributed by atoms with van der Waals surface area (Å²) in [6.07, 6.45) is 1.11. The maximum Gasteiger partial charge on any atom is 0.177 e. The molecule has 0 heterocycles. The van der Waals surface area contributed by atoms with Crippen LogP contribution >= 0.6 is 0 Å². The van der Waals surface area contributed by atoms with Gasteiger partial charge < -0.3 is 5.11 Å². The van der Waals surface area contributed by atoms with E-state index in [2.05, 4.69) is 0 Å². The van der Waals surface area contributed by atoms with Crippen LogP contribution in [0, 0.1) is 0 Å². The number of hydrogen-bond acceptors (Lipinski definition) is 1. The van der Waals surface area contributed by atoms with E-state index in [1.165, 1.54) is 0 Å². The topological polar surface area (TPSA) is 45.8 Å². The molecule has 2 nitrogen and oxygen atoms in total. The Morgan fingerprint density at radius 2 is 2.12 bits per heavy atom. The normalized spacial score (nSPS) is 13.4. The summed E-state index contributed by atoms with van der Waals surface area (Å²) in [6.45, 7) is 3.85. The van der Waals surface area contributed by atoms with Crippen LogP contribution in [0.4, 0.5) is 0 Å². The minimum Gasteiger partial charge on any atom is -0.383 e. The first-order valence-corrected chi connectivity index (χ1v) is 3.01. The summed E-state index contributed by atoms with van der Waals surface area (Å²) in [5.41, 5.74) is 0.688. The largest absolute Gasteiger partial charge is 0.383 e. The molecule has 0 rings (SSSR count). The lowest BCUT2D eigenvalue weighted by Gasteiger charge is -1.99. The zero-order chi connectivity index (χ0) is 6.57. The summed E-state index contributed by atoms with van der Waals surface area (Å²) in [7, 11) is 0. The van der Waals surface area contributed by atoms with Crippen LogP contribution in [0.25, 0.3) is 0 Å². The Bertz CT molecular complexity index is 80.6. The molecular weight excluding hydrogens is 102 g/mol. The highest BCUT2D eigenvalue weighted by atomic mass is 16.3. The van der Waals surface area contributed by atoms with Gasteiger partial charge in [-0.3, -0.25) is 5.41 Å². The predicted octanol–water partition coefficient (Wildman–Crippen LogP) is -0.633. The van der Waals surface area contributed by atoms with Gasteiger partial charge >= 0.3 is 0 Å². The fourth-order valence-corrected chi connectivity index (χ4v) is 0.498. The van der Waals surface area contributed by atoms with Crippen molar-refractivity contribution in [2.75, 3.05) is 0 Å². The van der Waals surface area contributed by atoms with Gasteiger partial charge in [-0.1, -0.05) is 13.8 Å². The molecule has 0 saturated carbocycles. The van der Waals surface area contributed by atoms with Crippen LogP contribution in [0.1, 0.15) is 26.7 Å². The average molecular weight is 116 g/mol. The summed E-state index contributed by atoms with van der Waals surface area (Å²) in [4.78, 5) is 0. The molecule has 0 aromatic rings. The second kappa shape index (κ2) is 3.61. The van der Waals surface area contributed by atoms with Crippen molar-refractivity contribution in [1.82, 2.24) is 0 Å². The maximum absolute atomic E-state index is 8.96. The fourth-order valence-electron chi connectivity index (χ4n) is 0.498. The van der Waals surface area contributed by atoms with Gasteiger partial charge in [0, 0.05) is 6.42 Å². The molecule has 0 aliphatic heterocycles. The van der Waals surface area contributed by atoms with E-state index in [0.717, 1.165) is 12.8 Å². The highest BCUT2D eigenvalue weighted by Gasteiger charge is 2.09. The Labute approximate surface area is 50.0 Å². The third-order valence-electron chi connectivity index (χ3n) is 1.22.